The minimum atomic E-state index is -0.647. The van der Waals surface area contributed by atoms with Gasteiger partial charge in [0.2, 0.25) is 5.91 Å². The van der Waals surface area contributed by atoms with E-state index in [-0.39, 0.29) is 11.8 Å². The summed E-state index contributed by atoms with van der Waals surface area (Å²) in [6.45, 7) is 2.81. The van der Waals surface area contributed by atoms with Gasteiger partial charge in [0, 0.05) is 13.5 Å². The Morgan fingerprint density at radius 1 is 1.07 bits per heavy atom. The fourth-order valence-corrected chi connectivity index (χ4v) is 3.70. The molecule has 0 radical (unpaired) electrons. The summed E-state index contributed by atoms with van der Waals surface area (Å²) < 4.78 is 5.77. The third kappa shape index (κ3) is 6.19. The number of benzene rings is 2. The summed E-state index contributed by atoms with van der Waals surface area (Å²) in [5.41, 5.74) is 2.11. The van der Waals surface area contributed by atoms with Crippen molar-refractivity contribution in [1.29, 1.82) is 0 Å². The summed E-state index contributed by atoms with van der Waals surface area (Å²) in [5, 5.41) is 4.75. The molecule has 0 aliphatic heterocycles. The molecule has 1 heterocycles. The lowest BCUT2D eigenvalue weighted by molar-refractivity contribution is -0.132. The second kappa shape index (κ2) is 10.6. The van der Waals surface area contributed by atoms with Crippen molar-refractivity contribution in [2.45, 2.75) is 19.4 Å². The number of nitrogens with one attached hydrogen (secondary N) is 1. The predicted molar refractivity (Wildman–Crippen MR) is 120 cm³/mol. The molecule has 0 fully saturated rings. The van der Waals surface area contributed by atoms with Crippen molar-refractivity contribution in [3.05, 3.63) is 88.1 Å². The number of hydrogen-bond donors (Lipinski definition) is 1. The van der Waals surface area contributed by atoms with Gasteiger partial charge in [0.1, 0.15) is 18.4 Å². The van der Waals surface area contributed by atoms with Gasteiger partial charge in [-0.3, -0.25) is 9.59 Å². The minimum Gasteiger partial charge on any atom is -0.492 e. The van der Waals surface area contributed by atoms with Gasteiger partial charge in [-0.15, -0.1) is 11.3 Å². The van der Waals surface area contributed by atoms with E-state index in [4.69, 9.17) is 4.74 Å². The van der Waals surface area contributed by atoms with Crippen LogP contribution < -0.4 is 10.1 Å². The Labute approximate surface area is 181 Å². The number of aryl methyl sites for hydroxylation is 1. The topological polar surface area (TPSA) is 58.6 Å². The quantitative estimate of drug-likeness (QED) is 0.568. The van der Waals surface area contributed by atoms with Crippen LogP contribution in [-0.2, 0) is 11.2 Å². The highest BCUT2D eigenvalue weighted by atomic mass is 32.1. The summed E-state index contributed by atoms with van der Waals surface area (Å²) in [6, 6.07) is 20.4. The van der Waals surface area contributed by atoms with E-state index in [1.54, 1.807) is 18.0 Å². The SMILES string of the molecule is Cc1cccc(OCCN(C)C(=O)[C@H](Cc2ccccc2)NC(=O)c2cccs2)c1. The summed E-state index contributed by atoms with van der Waals surface area (Å²) in [5.74, 6) is 0.406. The fourth-order valence-electron chi connectivity index (χ4n) is 3.07. The van der Waals surface area contributed by atoms with Gasteiger partial charge in [0.25, 0.3) is 5.91 Å². The zero-order valence-electron chi connectivity index (χ0n) is 17.2. The lowest BCUT2D eigenvalue weighted by atomic mass is 10.0. The molecule has 0 saturated carbocycles. The van der Waals surface area contributed by atoms with E-state index in [1.807, 2.05) is 73.0 Å². The highest BCUT2D eigenvalue weighted by Gasteiger charge is 2.25. The van der Waals surface area contributed by atoms with Crippen LogP contribution in [0, 0.1) is 6.92 Å². The Hall–Kier alpha value is -3.12. The van der Waals surface area contributed by atoms with Gasteiger partial charge < -0.3 is 15.0 Å². The first-order valence-corrected chi connectivity index (χ1v) is 10.7. The molecule has 0 spiro atoms. The van der Waals surface area contributed by atoms with Crippen molar-refractivity contribution in [2.75, 3.05) is 20.2 Å². The maximum absolute atomic E-state index is 13.1. The molecule has 2 aromatic carbocycles. The summed E-state index contributed by atoms with van der Waals surface area (Å²) in [6.07, 6.45) is 0.430. The number of hydrogen-bond acceptors (Lipinski definition) is 4. The molecule has 156 valence electrons. The van der Waals surface area contributed by atoms with E-state index in [2.05, 4.69) is 5.32 Å². The molecule has 0 saturated heterocycles. The van der Waals surface area contributed by atoms with E-state index >= 15 is 0 Å². The molecule has 0 aliphatic carbocycles. The molecule has 2 amide bonds. The number of likely N-dealkylation sites (N-methyl/N-ethyl adjacent to an activating group) is 1. The molecule has 1 aromatic heterocycles. The molecule has 3 aromatic rings. The number of thiophene rings is 1. The van der Waals surface area contributed by atoms with E-state index in [0.717, 1.165) is 16.9 Å². The van der Waals surface area contributed by atoms with Crippen LogP contribution in [0.2, 0.25) is 0 Å². The molecule has 5 nitrogen and oxygen atoms in total. The second-order valence-electron chi connectivity index (χ2n) is 7.12. The Morgan fingerprint density at radius 3 is 2.57 bits per heavy atom. The highest BCUT2D eigenvalue weighted by molar-refractivity contribution is 7.12. The average Bonchev–Trinajstić information content (AvgIpc) is 3.28. The molecular formula is C24H26N2O3S. The van der Waals surface area contributed by atoms with E-state index in [0.29, 0.717) is 24.4 Å². The lowest BCUT2D eigenvalue weighted by Crippen LogP contribution is -2.49. The van der Waals surface area contributed by atoms with Gasteiger partial charge >= 0.3 is 0 Å². The first kappa shape index (κ1) is 21.6. The molecular weight excluding hydrogens is 396 g/mol. The zero-order chi connectivity index (χ0) is 21.3. The molecule has 0 bridgehead atoms. The standard InChI is InChI=1S/C24H26N2O3S/c1-18-8-6-11-20(16-18)29-14-13-26(2)24(28)21(17-19-9-4-3-5-10-19)25-23(27)22-12-7-15-30-22/h3-12,15-16,21H,13-14,17H2,1-2H3,(H,25,27)/t21-/m0/s1. The number of rotatable bonds is 9. The predicted octanol–water partition coefficient (Wildman–Crippen LogP) is 3.94. The fraction of sp³-hybridized carbons (Fsp3) is 0.250. The molecule has 6 heteroatoms. The third-order valence-electron chi connectivity index (χ3n) is 4.69. The van der Waals surface area contributed by atoms with E-state index in [9.17, 15) is 9.59 Å². The van der Waals surface area contributed by atoms with Crippen LogP contribution in [0.5, 0.6) is 5.75 Å². The Morgan fingerprint density at radius 2 is 1.87 bits per heavy atom. The number of amides is 2. The molecule has 0 aliphatic rings. The maximum atomic E-state index is 13.1. The molecule has 1 atom stereocenters. The van der Waals surface area contributed by atoms with Crippen LogP contribution in [0.1, 0.15) is 20.8 Å². The Balaban J connectivity index is 1.63. The molecule has 3 rings (SSSR count). The average molecular weight is 423 g/mol. The van der Waals surface area contributed by atoms with Gasteiger partial charge in [-0.2, -0.15) is 0 Å². The molecule has 30 heavy (non-hydrogen) atoms. The summed E-state index contributed by atoms with van der Waals surface area (Å²) in [4.78, 5) is 27.9. The van der Waals surface area contributed by atoms with Crippen molar-refractivity contribution < 1.29 is 14.3 Å². The van der Waals surface area contributed by atoms with Crippen LogP contribution in [0.25, 0.3) is 0 Å². The van der Waals surface area contributed by atoms with Gasteiger partial charge in [-0.25, -0.2) is 0 Å². The van der Waals surface area contributed by atoms with Crippen molar-refractivity contribution in [1.82, 2.24) is 10.2 Å². The minimum absolute atomic E-state index is 0.142. The van der Waals surface area contributed by atoms with Crippen LogP contribution >= 0.6 is 11.3 Å². The monoisotopic (exact) mass is 422 g/mol. The normalized spacial score (nSPS) is 11.5. The van der Waals surface area contributed by atoms with Crippen molar-refractivity contribution in [3.8, 4) is 5.75 Å². The zero-order valence-corrected chi connectivity index (χ0v) is 18.0. The van der Waals surface area contributed by atoms with Crippen molar-refractivity contribution >= 4 is 23.2 Å². The lowest BCUT2D eigenvalue weighted by Gasteiger charge is -2.25. The second-order valence-corrected chi connectivity index (χ2v) is 8.07. The number of ether oxygens (including phenoxy) is 1. The summed E-state index contributed by atoms with van der Waals surface area (Å²) >= 11 is 1.36. The van der Waals surface area contributed by atoms with Gasteiger partial charge in [-0.1, -0.05) is 48.5 Å². The third-order valence-corrected chi connectivity index (χ3v) is 5.56. The van der Waals surface area contributed by atoms with E-state index < -0.39 is 6.04 Å². The smallest absolute Gasteiger partial charge is 0.262 e. The maximum Gasteiger partial charge on any atom is 0.262 e. The van der Waals surface area contributed by atoms with E-state index in [1.165, 1.54) is 11.3 Å². The Bertz CT molecular complexity index is 958. The summed E-state index contributed by atoms with van der Waals surface area (Å²) in [7, 11) is 1.73. The molecule has 0 unspecified atom stereocenters. The number of carbonyl (C=O) groups is 2. The number of nitrogens with zero attached hydrogens (tertiary/aromatic N) is 1. The first-order valence-electron chi connectivity index (χ1n) is 9.85. The first-order chi connectivity index (χ1) is 14.5. The van der Waals surface area contributed by atoms with Crippen molar-refractivity contribution in [2.24, 2.45) is 0 Å². The highest BCUT2D eigenvalue weighted by Crippen LogP contribution is 2.13. The van der Waals surface area contributed by atoms with Gasteiger partial charge in [-0.05, 0) is 41.6 Å². The largest absolute Gasteiger partial charge is 0.492 e. The van der Waals surface area contributed by atoms with Crippen LogP contribution in [0.15, 0.2) is 72.1 Å². The van der Waals surface area contributed by atoms with Gasteiger partial charge in [0.15, 0.2) is 0 Å². The molecule has 1 N–H and O–H groups in total. The Kier molecular flexibility index (Phi) is 7.63. The van der Waals surface area contributed by atoms with Crippen LogP contribution in [-0.4, -0.2) is 43.0 Å². The number of carbonyl (C=O) groups excluding carboxylic acids is 2. The van der Waals surface area contributed by atoms with Crippen molar-refractivity contribution in [3.63, 3.8) is 0 Å². The van der Waals surface area contributed by atoms with Crippen LogP contribution in [0.3, 0.4) is 0 Å². The van der Waals surface area contributed by atoms with Crippen LogP contribution in [0.4, 0.5) is 0 Å². The van der Waals surface area contributed by atoms with Gasteiger partial charge in [0.05, 0.1) is 11.4 Å².